The molecule has 2 rings (SSSR count). The second-order valence-electron chi connectivity index (χ2n) is 5.04. The second kappa shape index (κ2) is 8.91. The molecule has 0 saturated carbocycles. The highest BCUT2D eigenvalue weighted by Gasteiger charge is 2.01. The van der Waals surface area contributed by atoms with Gasteiger partial charge in [0.25, 0.3) is 0 Å². The van der Waals surface area contributed by atoms with Crippen LogP contribution in [0.2, 0.25) is 0 Å². The van der Waals surface area contributed by atoms with Crippen molar-refractivity contribution in [1.82, 2.24) is 15.6 Å². The largest absolute Gasteiger partial charge is 0.357 e. The molecule has 23 heavy (non-hydrogen) atoms. The maximum Gasteiger partial charge on any atom is 0.191 e. The summed E-state index contributed by atoms with van der Waals surface area (Å²) >= 11 is 1.68. The van der Waals surface area contributed by atoms with Gasteiger partial charge in [0, 0.05) is 24.9 Å². The lowest BCUT2D eigenvalue weighted by atomic mass is 10.1. The van der Waals surface area contributed by atoms with Crippen LogP contribution in [0.4, 0.5) is 0 Å². The fourth-order valence-electron chi connectivity index (χ4n) is 2.03. The number of rotatable bonds is 6. The first kappa shape index (κ1) is 17.0. The predicted octanol–water partition coefficient (Wildman–Crippen LogP) is 2.62. The predicted molar refractivity (Wildman–Crippen MR) is 94.5 cm³/mol. The van der Waals surface area contributed by atoms with E-state index in [0.29, 0.717) is 12.1 Å². The first-order valence-electron chi connectivity index (χ1n) is 7.63. The van der Waals surface area contributed by atoms with Crippen molar-refractivity contribution < 1.29 is 0 Å². The number of benzene rings is 1. The van der Waals surface area contributed by atoms with Crippen molar-refractivity contribution in [1.29, 1.82) is 5.26 Å². The monoisotopic (exact) mass is 327 g/mol. The van der Waals surface area contributed by atoms with Gasteiger partial charge in [-0.05, 0) is 31.5 Å². The lowest BCUT2D eigenvalue weighted by Gasteiger charge is -2.10. The van der Waals surface area contributed by atoms with E-state index in [-0.39, 0.29) is 0 Å². The molecule has 1 aromatic heterocycles. The minimum Gasteiger partial charge on any atom is -0.357 e. The smallest absolute Gasteiger partial charge is 0.191 e. The standard InChI is InChI=1S/C17H21N5S/c1-3-19-17(20-9-8-16-12-23-13(2)22-16)21-11-15-6-4-14(10-18)5-7-15/h4-7,12H,3,8-9,11H2,1-2H3,(H2,19,20,21). The molecule has 0 atom stereocenters. The highest BCUT2D eigenvalue weighted by Crippen LogP contribution is 2.08. The Morgan fingerprint density at radius 1 is 1.30 bits per heavy atom. The summed E-state index contributed by atoms with van der Waals surface area (Å²) in [5.41, 5.74) is 2.86. The maximum atomic E-state index is 8.81. The summed E-state index contributed by atoms with van der Waals surface area (Å²) in [6, 6.07) is 9.62. The van der Waals surface area contributed by atoms with Crippen molar-refractivity contribution in [2.24, 2.45) is 4.99 Å². The summed E-state index contributed by atoms with van der Waals surface area (Å²) in [6.07, 6.45) is 0.881. The molecule has 1 heterocycles. The van der Waals surface area contributed by atoms with Crippen molar-refractivity contribution in [2.45, 2.75) is 26.8 Å². The van der Waals surface area contributed by atoms with E-state index >= 15 is 0 Å². The number of aryl methyl sites for hydroxylation is 1. The van der Waals surface area contributed by atoms with Gasteiger partial charge in [-0.1, -0.05) is 12.1 Å². The molecule has 6 heteroatoms. The van der Waals surface area contributed by atoms with Gasteiger partial charge in [-0.3, -0.25) is 0 Å². The minimum absolute atomic E-state index is 0.580. The Balaban J connectivity index is 1.87. The number of nitrogens with one attached hydrogen (secondary N) is 2. The maximum absolute atomic E-state index is 8.81. The molecule has 0 saturated heterocycles. The van der Waals surface area contributed by atoms with Crippen LogP contribution in [0.1, 0.15) is 28.8 Å². The Morgan fingerprint density at radius 3 is 2.70 bits per heavy atom. The zero-order chi connectivity index (χ0) is 16.5. The van der Waals surface area contributed by atoms with Crippen LogP contribution >= 0.6 is 11.3 Å². The SMILES string of the molecule is CCNC(=NCc1ccc(C#N)cc1)NCCc1csc(C)n1. The van der Waals surface area contributed by atoms with Crippen LogP contribution in [-0.4, -0.2) is 24.0 Å². The van der Waals surface area contributed by atoms with Crippen molar-refractivity contribution in [3.05, 3.63) is 51.5 Å². The molecule has 0 aliphatic carbocycles. The normalized spacial score (nSPS) is 11.1. The van der Waals surface area contributed by atoms with E-state index < -0.39 is 0 Å². The van der Waals surface area contributed by atoms with Gasteiger partial charge in [-0.25, -0.2) is 9.98 Å². The van der Waals surface area contributed by atoms with E-state index in [1.54, 1.807) is 11.3 Å². The Bertz CT molecular complexity index is 682. The summed E-state index contributed by atoms with van der Waals surface area (Å²) in [4.78, 5) is 9.02. The number of guanidine groups is 1. The third-order valence-electron chi connectivity index (χ3n) is 3.19. The molecule has 1 aromatic carbocycles. The van der Waals surface area contributed by atoms with Gasteiger partial charge in [-0.2, -0.15) is 5.26 Å². The molecular weight excluding hydrogens is 306 g/mol. The van der Waals surface area contributed by atoms with Gasteiger partial charge in [0.1, 0.15) is 0 Å². The summed E-state index contributed by atoms with van der Waals surface area (Å²) in [5, 5.41) is 18.6. The molecule has 0 spiro atoms. The lowest BCUT2D eigenvalue weighted by Crippen LogP contribution is -2.38. The van der Waals surface area contributed by atoms with E-state index in [0.717, 1.165) is 41.7 Å². The van der Waals surface area contributed by atoms with Crippen LogP contribution in [0.15, 0.2) is 34.6 Å². The molecule has 0 amide bonds. The highest BCUT2D eigenvalue weighted by molar-refractivity contribution is 7.09. The average Bonchev–Trinajstić information content (AvgIpc) is 2.98. The van der Waals surface area contributed by atoms with Gasteiger partial charge in [0.05, 0.1) is 28.9 Å². The second-order valence-corrected chi connectivity index (χ2v) is 6.10. The van der Waals surface area contributed by atoms with Crippen LogP contribution in [0.3, 0.4) is 0 Å². The number of nitriles is 1. The van der Waals surface area contributed by atoms with Crippen LogP contribution in [-0.2, 0) is 13.0 Å². The van der Waals surface area contributed by atoms with Crippen LogP contribution < -0.4 is 10.6 Å². The van der Waals surface area contributed by atoms with Gasteiger partial charge >= 0.3 is 0 Å². The van der Waals surface area contributed by atoms with E-state index in [2.05, 4.69) is 32.1 Å². The molecule has 0 radical (unpaired) electrons. The topological polar surface area (TPSA) is 73.1 Å². The van der Waals surface area contributed by atoms with Crippen molar-refractivity contribution in [3.8, 4) is 6.07 Å². The number of aliphatic imine (C=N–C) groups is 1. The molecule has 0 aliphatic rings. The van der Waals surface area contributed by atoms with E-state index in [9.17, 15) is 0 Å². The van der Waals surface area contributed by atoms with Gasteiger partial charge in [0.15, 0.2) is 5.96 Å². The van der Waals surface area contributed by atoms with Crippen LogP contribution in [0, 0.1) is 18.3 Å². The zero-order valence-corrected chi connectivity index (χ0v) is 14.3. The molecule has 0 unspecified atom stereocenters. The van der Waals surface area contributed by atoms with E-state index in [1.165, 1.54) is 0 Å². The van der Waals surface area contributed by atoms with Crippen LogP contribution in [0.5, 0.6) is 0 Å². The molecule has 5 nitrogen and oxygen atoms in total. The molecule has 120 valence electrons. The fourth-order valence-corrected chi connectivity index (χ4v) is 2.68. The Hall–Kier alpha value is -2.39. The van der Waals surface area contributed by atoms with Gasteiger partial charge in [0.2, 0.25) is 0 Å². The number of hydrogen-bond acceptors (Lipinski definition) is 4. The Labute approximate surface area is 141 Å². The minimum atomic E-state index is 0.580. The summed E-state index contributed by atoms with van der Waals surface area (Å²) in [7, 11) is 0. The third-order valence-corrected chi connectivity index (χ3v) is 4.01. The zero-order valence-electron chi connectivity index (χ0n) is 13.5. The molecule has 2 aromatic rings. The third kappa shape index (κ3) is 5.72. The van der Waals surface area contributed by atoms with Gasteiger partial charge in [-0.15, -0.1) is 11.3 Å². The molecular formula is C17H21N5S. The van der Waals surface area contributed by atoms with E-state index in [1.807, 2.05) is 38.1 Å². The molecule has 0 fully saturated rings. The van der Waals surface area contributed by atoms with Crippen molar-refractivity contribution in [2.75, 3.05) is 13.1 Å². The summed E-state index contributed by atoms with van der Waals surface area (Å²) in [6.45, 7) is 6.25. The van der Waals surface area contributed by atoms with Crippen molar-refractivity contribution in [3.63, 3.8) is 0 Å². The number of hydrogen-bond donors (Lipinski definition) is 2. The summed E-state index contributed by atoms with van der Waals surface area (Å²) in [5.74, 6) is 0.795. The lowest BCUT2D eigenvalue weighted by molar-refractivity contribution is 0.790. The first-order chi connectivity index (χ1) is 11.2. The molecule has 0 aliphatic heterocycles. The van der Waals surface area contributed by atoms with Gasteiger partial charge < -0.3 is 10.6 Å². The molecule has 0 bridgehead atoms. The highest BCUT2D eigenvalue weighted by atomic mass is 32.1. The number of nitrogens with zero attached hydrogens (tertiary/aromatic N) is 3. The Kier molecular flexibility index (Phi) is 6.57. The Morgan fingerprint density at radius 2 is 2.09 bits per heavy atom. The average molecular weight is 327 g/mol. The summed E-state index contributed by atoms with van der Waals surface area (Å²) < 4.78 is 0. The van der Waals surface area contributed by atoms with E-state index in [4.69, 9.17) is 5.26 Å². The van der Waals surface area contributed by atoms with Crippen molar-refractivity contribution >= 4 is 17.3 Å². The fraction of sp³-hybridized carbons (Fsp3) is 0.353. The molecule has 2 N–H and O–H groups in total. The number of thiazole rings is 1. The first-order valence-corrected chi connectivity index (χ1v) is 8.51. The van der Waals surface area contributed by atoms with Crippen LogP contribution in [0.25, 0.3) is 0 Å². The quantitative estimate of drug-likeness (QED) is 0.632. The number of aromatic nitrogens is 1.